The Hall–Kier alpha value is -4.52. The maximum atomic E-state index is 14.0. The molecule has 0 radical (unpaired) electrons. The van der Waals surface area contributed by atoms with Crippen LogP contribution in [0.5, 0.6) is 5.75 Å². The smallest absolute Gasteiger partial charge is 0.317 e. The highest BCUT2D eigenvalue weighted by atomic mass is 32.1. The molecule has 2 amide bonds. The van der Waals surface area contributed by atoms with Crippen LogP contribution >= 0.6 is 11.3 Å². The SMILES string of the molecule is O=C(NCCCCCC[C@H](O)c1ccc(O)c2[nH]c(=O)ccc12)c1ccc(C(=O)N2CCC(C(=O)O[C@H]3CN4CCC3CC4)(c3ccccc3)CC2)s1. The highest BCUT2D eigenvalue weighted by Crippen LogP contribution is 2.40. The van der Waals surface area contributed by atoms with Gasteiger partial charge in [-0.05, 0) is 92.9 Å². The fraction of sp³-hybridized carbons (Fsp3) is 0.463. The number of carbonyl (C=O) groups is 3. The van der Waals surface area contributed by atoms with E-state index in [4.69, 9.17) is 4.74 Å². The zero-order chi connectivity index (χ0) is 37.0. The van der Waals surface area contributed by atoms with Crippen LogP contribution in [0.1, 0.15) is 94.4 Å². The summed E-state index contributed by atoms with van der Waals surface area (Å²) in [6.45, 7) is 4.31. The molecule has 11 nitrogen and oxygen atoms in total. The fourth-order valence-electron chi connectivity index (χ4n) is 8.29. The van der Waals surface area contributed by atoms with E-state index in [1.54, 1.807) is 29.2 Å². The molecule has 6 heterocycles. The zero-order valence-corrected chi connectivity index (χ0v) is 30.7. The molecule has 4 aliphatic rings. The number of aliphatic hydroxyl groups excluding tert-OH is 1. The standard InChI is InChI=1S/C41H48N4O7S/c46-31(29-11-13-32(47)37-30(29)12-16-36(48)43-37)10-6-1-2-7-21-42-38(49)34-14-15-35(53-34)39(50)45-24-19-41(20-25-45,28-8-4-3-5-9-28)40(51)52-33-26-44-22-17-27(33)18-23-44/h3-5,8-9,11-16,27,31,33,46-47H,1-2,6-7,10,17-26H2,(H,42,49)(H,43,48)/t31-,33-/m0/s1. The molecule has 280 valence electrons. The summed E-state index contributed by atoms with van der Waals surface area (Å²) in [4.78, 5) is 59.9. The number of phenols is 1. The first-order valence-electron chi connectivity index (χ1n) is 18.9. The third-order valence-electron chi connectivity index (χ3n) is 11.5. The van der Waals surface area contributed by atoms with Gasteiger partial charge in [-0.15, -0.1) is 11.3 Å². The third-order valence-corrected chi connectivity index (χ3v) is 12.5. The number of hydrogen-bond acceptors (Lipinski definition) is 9. The second-order valence-corrected chi connectivity index (χ2v) is 15.8. The maximum Gasteiger partial charge on any atom is 0.317 e. The van der Waals surface area contributed by atoms with Gasteiger partial charge in [0.2, 0.25) is 5.56 Å². The number of aromatic amines is 1. The molecule has 0 aliphatic carbocycles. The number of hydrogen-bond donors (Lipinski definition) is 4. The number of amides is 2. The lowest BCUT2D eigenvalue weighted by atomic mass is 9.72. The molecular weight excluding hydrogens is 693 g/mol. The summed E-state index contributed by atoms with van der Waals surface area (Å²) in [6, 6.07) is 19.4. The molecule has 4 aromatic rings. The number of aromatic hydroxyl groups is 1. The van der Waals surface area contributed by atoms with Crippen molar-refractivity contribution in [1.82, 2.24) is 20.1 Å². The number of benzene rings is 2. The largest absolute Gasteiger partial charge is 0.506 e. The Morgan fingerprint density at radius 3 is 2.38 bits per heavy atom. The summed E-state index contributed by atoms with van der Waals surface area (Å²) in [7, 11) is 0. The van der Waals surface area contributed by atoms with Crippen molar-refractivity contribution in [3.63, 3.8) is 0 Å². The number of nitrogens with one attached hydrogen (secondary N) is 2. The molecule has 2 aromatic heterocycles. The van der Waals surface area contributed by atoms with Crippen LogP contribution in [0.2, 0.25) is 0 Å². The molecule has 4 saturated heterocycles. The van der Waals surface area contributed by atoms with Crippen molar-refractivity contribution in [3.05, 3.63) is 98.0 Å². The van der Waals surface area contributed by atoms with E-state index in [2.05, 4.69) is 15.2 Å². The molecule has 4 aliphatic heterocycles. The molecule has 0 unspecified atom stereocenters. The van der Waals surface area contributed by atoms with Crippen LogP contribution in [-0.2, 0) is 14.9 Å². The maximum absolute atomic E-state index is 14.0. The Balaban J connectivity index is 0.858. The summed E-state index contributed by atoms with van der Waals surface area (Å²) >= 11 is 1.19. The van der Waals surface area contributed by atoms with Gasteiger partial charge >= 0.3 is 5.97 Å². The van der Waals surface area contributed by atoms with E-state index >= 15 is 0 Å². The molecule has 2 aromatic carbocycles. The van der Waals surface area contributed by atoms with Gasteiger partial charge in [0.1, 0.15) is 11.9 Å². The average Bonchev–Trinajstić information content (AvgIpc) is 3.69. The number of unbranched alkanes of at least 4 members (excludes halogenated alkanes) is 3. The van der Waals surface area contributed by atoms with Gasteiger partial charge in [-0.2, -0.15) is 0 Å². The van der Waals surface area contributed by atoms with Crippen molar-refractivity contribution in [2.45, 2.75) is 75.4 Å². The molecule has 53 heavy (non-hydrogen) atoms. The zero-order valence-electron chi connectivity index (χ0n) is 29.9. The Bertz CT molecular complexity index is 1980. The molecule has 0 spiro atoms. The topological polar surface area (TPSA) is 152 Å². The summed E-state index contributed by atoms with van der Waals surface area (Å²) in [6.07, 6.45) is 6.13. The second-order valence-electron chi connectivity index (χ2n) is 14.7. The van der Waals surface area contributed by atoms with Gasteiger partial charge in [0, 0.05) is 37.6 Å². The predicted octanol–water partition coefficient (Wildman–Crippen LogP) is 5.52. The van der Waals surface area contributed by atoms with E-state index in [1.807, 2.05) is 30.3 Å². The molecule has 4 fully saturated rings. The van der Waals surface area contributed by atoms with E-state index in [0.29, 0.717) is 71.0 Å². The van der Waals surface area contributed by atoms with E-state index < -0.39 is 11.5 Å². The van der Waals surface area contributed by atoms with Gasteiger partial charge in [0.25, 0.3) is 11.8 Å². The van der Waals surface area contributed by atoms with Crippen molar-refractivity contribution in [3.8, 4) is 5.75 Å². The van der Waals surface area contributed by atoms with E-state index in [1.165, 1.54) is 23.5 Å². The van der Waals surface area contributed by atoms with Gasteiger partial charge in [-0.1, -0.05) is 55.7 Å². The number of nitrogens with zero attached hydrogens (tertiary/aromatic N) is 2. The van der Waals surface area contributed by atoms with Crippen molar-refractivity contribution >= 4 is 40.0 Å². The van der Waals surface area contributed by atoms with E-state index in [-0.39, 0.29) is 35.2 Å². The Labute approximate surface area is 313 Å². The summed E-state index contributed by atoms with van der Waals surface area (Å²) < 4.78 is 6.28. The van der Waals surface area contributed by atoms with Crippen LogP contribution in [0, 0.1) is 5.92 Å². The summed E-state index contributed by atoms with van der Waals surface area (Å²) in [5.41, 5.74) is 0.808. The number of fused-ring (bicyclic) bond motifs is 4. The number of phenolic OH excluding ortho intramolecular Hbond substituents is 1. The average molecular weight is 741 g/mol. The monoisotopic (exact) mass is 740 g/mol. The van der Waals surface area contributed by atoms with Crippen molar-refractivity contribution < 1.29 is 29.3 Å². The number of pyridine rings is 1. The third kappa shape index (κ3) is 8.05. The molecule has 2 atom stereocenters. The lowest BCUT2D eigenvalue weighted by Crippen LogP contribution is -2.55. The highest BCUT2D eigenvalue weighted by Gasteiger charge is 2.47. The molecule has 2 bridgehead atoms. The number of likely N-dealkylation sites (tertiary alicyclic amines) is 1. The summed E-state index contributed by atoms with van der Waals surface area (Å²) in [5, 5.41) is 24.5. The van der Waals surface area contributed by atoms with Crippen LogP contribution in [0.3, 0.4) is 0 Å². The minimum atomic E-state index is -0.797. The normalized spacial score (nSPS) is 21.3. The number of aromatic nitrogens is 1. The molecular formula is C41H48N4O7S. The number of thiophene rings is 1. The number of rotatable bonds is 13. The number of H-pyrrole nitrogens is 1. The number of ether oxygens (including phenoxy) is 1. The first kappa shape index (κ1) is 36.8. The summed E-state index contributed by atoms with van der Waals surface area (Å²) in [5.74, 6) is -0.126. The Morgan fingerprint density at radius 1 is 0.906 bits per heavy atom. The second kappa shape index (κ2) is 16.2. The van der Waals surface area contributed by atoms with Crippen LogP contribution in [0.25, 0.3) is 10.9 Å². The van der Waals surface area contributed by atoms with Gasteiger partial charge in [0.05, 0.1) is 26.8 Å². The van der Waals surface area contributed by atoms with Gasteiger partial charge < -0.3 is 30.2 Å². The van der Waals surface area contributed by atoms with Gasteiger partial charge in [-0.3, -0.25) is 24.1 Å². The van der Waals surface area contributed by atoms with Crippen LogP contribution in [-0.4, -0.2) is 88.2 Å². The molecule has 4 N–H and O–H groups in total. The lowest BCUT2D eigenvalue weighted by Gasteiger charge is -2.46. The van der Waals surface area contributed by atoms with Crippen LogP contribution < -0.4 is 10.9 Å². The number of aliphatic hydroxyl groups is 1. The quantitative estimate of drug-likeness (QED) is 0.103. The minimum absolute atomic E-state index is 0.0344. The predicted molar refractivity (Wildman–Crippen MR) is 203 cm³/mol. The number of esters is 1. The lowest BCUT2D eigenvalue weighted by molar-refractivity contribution is -0.167. The van der Waals surface area contributed by atoms with E-state index in [0.717, 1.165) is 63.7 Å². The van der Waals surface area contributed by atoms with Crippen molar-refractivity contribution in [1.29, 1.82) is 0 Å². The molecule has 8 rings (SSSR count). The first-order valence-corrected chi connectivity index (χ1v) is 19.7. The van der Waals surface area contributed by atoms with Crippen LogP contribution in [0.4, 0.5) is 0 Å². The Kier molecular flexibility index (Phi) is 11.3. The Morgan fingerprint density at radius 2 is 1.64 bits per heavy atom. The number of carbonyl (C=O) groups excluding carboxylic acids is 3. The van der Waals surface area contributed by atoms with Crippen LogP contribution in [0.15, 0.2) is 71.5 Å². The van der Waals surface area contributed by atoms with Gasteiger partial charge in [-0.25, -0.2) is 0 Å². The van der Waals surface area contributed by atoms with E-state index in [9.17, 15) is 29.4 Å². The van der Waals surface area contributed by atoms with Crippen molar-refractivity contribution in [2.75, 3.05) is 39.3 Å². The van der Waals surface area contributed by atoms with Crippen molar-refractivity contribution in [2.24, 2.45) is 5.92 Å². The number of piperidine rings is 4. The minimum Gasteiger partial charge on any atom is -0.506 e. The molecule has 0 saturated carbocycles. The molecule has 12 heteroatoms. The highest BCUT2D eigenvalue weighted by molar-refractivity contribution is 7.15. The fourth-order valence-corrected chi connectivity index (χ4v) is 9.19. The van der Waals surface area contributed by atoms with Gasteiger partial charge in [0.15, 0.2) is 0 Å². The first-order chi connectivity index (χ1) is 25.7.